The summed E-state index contributed by atoms with van der Waals surface area (Å²) in [5.41, 5.74) is -0.0693. The topological polar surface area (TPSA) is 98.1 Å². The minimum Gasteiger partial charge on any atom is -0.497 e. The van der Waals surface area contributed by atoms with Crippen molar-refractivity contribution in [2.24, 2.45) is 0 Å². The molecule has 0 aliphatic carbocycles. The summed E-state index contributed by atoms with van der Waals surface area (Å²) in [6, 6.07) is 17.1. The Morgan fingerprint density at radius 3 is 2.42 bits per heavy atom. The maximum Gasteiger partial charge on any atom is 0.416 e. The monoisotopic (exact) mass is 573 g/mol. The Morgan fingerprint density at radius 2 is 1.73 bits per heavy atom. The number of rotatable bonds is 10. The minimum atomic E-state index is -4.59. The summed E-state index contributed by atoms with van der Waals surface area (Å²) in [5, 5.41) is 13.3. The van der Waals surface area contributed by atoms with Crippen LogP contribution in [0.1, 0.15) is 17.0 Å². The summed E-state index contributed by atoms with van der Waals surface area (Å²) in [4.78, 5) is 25.0. The van der Waals surface area contributed by atoms with E-state index in [1.165, 1.54) is 42.0 Å². The van der Waals surface area contributed by atoms with Crippen LogP contribution in [-0.2, 0) is 28.7 Å². The number of alkyl halides is 3. The molecule has 0 saturated heterocycles. The molecule has 0 bridgehead atoms. The number of hydrogen-bond donors (Lipinski definition) is 2. The fourth-order valence-electron chi connectivity index (χ4n) is 3.64. The van der Waals surface area contributed by atoms with Gasteiger partial charge in [-0.15, -0.1) is 10.2 Å². The van der Waals surface area contributed by atoms with Gasteiger partial charge in [-0.2, -0.15) is 13.2 Å². The first-order valence-electron chi connectivity index (χ1n) is 11.8. The van der Waals surface area contributed by atoms with Crippen LogP contribution in [0.15, 0.2) is 78.0 Å². The largest absolute Gasteiger partial charge is 0.497 e. The molecule has 0 spiro atoms. The molecule has 0 unspecified atom stereocenters. The van der Waals surface area contributed by atoms with Crippen LogP contribution in [0.3, 0.4) is 0 Å². The maximum absolute atomic E-state index is 13.9. The van der Waals surface area contributed by atoms with Crippen LogP contribution < -0.4 is 15.4 Å². The SMILES string of the molecule is COc1ccc(CC(=O)NCc2nnc(SCC(=O)Nc3ccccc3F)n2-c2cccc(C(F)(F)F)c2)cc1. The third kappa shape index (κ3) is 7.38. The number of halogens is 4. The summed E-state index contributed by atoms with van der Waals surface area (Å²) < 4.78 is 60.6. The van der Waals surface area contributed by atoms with Gasteiger partial charge in [0.2, 0.25) is 11.8 Å². The van der Waals surface area contributed by atoms with Gasteiger partial charge >= 0.3 is 6.18 Å². The normalized spacial score (nSPS) is 11.2. The molecule has 0 saturated carbocycles. The number of thioether (sulfide) groups is 1. The van der Waals surface area contributed by atoms with Crippen molar-refractivity contribution in [2.45, 2.75) is 24.3 Å². The molecule has 8 nitrogen and oxygen atoms in total. The lowest BCUT2D eigenvalue weighted by Gasteiger charge is -2.13. The van der Waals surface area contributed by atoms with Crippen LogP contribution in [0.5, 0.6) is 5.75 Å². The quantitative estimate of drug-likeness (QED) is 0.204. The predicted octanol–water partition coefficient (Wildman–Crippen LogP) is 5.02. The highest BCUT2D eigenvalue weighted by molar-refractivity contribution is 7.99. The Morgan fingerprint density at radius 1 is 0.975 bits per heavy atom. The van der Waals surface area contributed by atoms with E-state index in [9.17, 15) is 27.2 Å². The third-order valence-corrected chi connectivity index (χ3v) is 6.51. The van der Waals surface area contributed by atoms with Gasteiger partial charge in [-0.3, -0.25) is 14.2 Å². The molecule has 208 valence electrons. The van der Waals surface area contributed by atoms with Gasteiger partial charge in [-0.25, -0.2) is 4.39 Å². The Labute approximate surface area is 230 Å². The zero-order chi connectivity index (χ0) is 28.7. The van der Waals surface area contributed by atoms with Crippen molar-refractivity contribution in [3.05, 3.63) is 95.6 Å². The molecular formula is C27H23F4N5O3S. The number of carbonyl (C=O) groups is 2. The number of nitrogens with zero attached hydrogens (tertiary/aromatic N) is 3. The van der Waals surface area contributed by atoms with E-state index >= 15 is 0 Å². The Kier molecular flexibility index (Phi) is 9.04. The molecule has 3 aromatic carbocycles. The van der Waals surface area contributed by atoms with Gasteiger partial charge < -0.3 is 15.4 Å². The Bertz CT molecular complexity index is 1490. The van der Waals surface area contributed by atoms with Gasteiger partial charge in [0.15, 0.2) is 11.0 Å². The number of ether oxygens (including phenoxy) is 1. The lowest BCUT2D eigenvalue weighted by Crippen LogP contribution is -2.26. The molecule has 1 aromatic heterocycles. The fraction of sp³-hybridized carbons (Fsp3) is 0.185. The molecule has 40 heavy (non-hydrogen) atoms. The first-order valence-corrected chi connectivity index (χ1v) is 12.8. The van der Waals surface area contributed by atoms with E-state index in [1.807, 2.05) is 0 Å². The second kappa shape index (κ2) is 12.6. The number of carbonyl (C=O) groups excluding carboxylic acids is 2. The standard InChI is InChI=1S/C27H23F4N5O3S/c1-39-20-11-9-17(10-12-20)13-24(37)32-15-23-34-35-26(36(23)19-6-4-5-18(14-19)27(29,30)31)40-16-25(38)33-22-8-3-2-7-21(22)28/h2-12,14H,13,15-16H2,1H3,(H,32,37)(H,33,38). The van der Waals surface area contributed by atoms with Gasteiger partial charge in [0.1, 0.15) is 11.6 Å². The lowest BCUT2D eigenvalue weighted by atomic mass is 10.1. The second-order valence-corrected chi connectivity index (χ2v) is 9.34. The molecule has 0 radical (unpaired) electrons. The highest BCUT2D eigenvalue weighted by Crippen LogP contribution is 2.32. The molecule has 1 heterocycles. The van der Waals surface area contributed by atoms with Gasteiger partial charge in [0.25, 0.3) is 0 Å². The van der Waals surface area contributed by atoms with Crippen molar-refractivity contribution in [2.75, 3.05) is 18.2 Å². The minimum absolute atomic E-state index is 0.00675. The number of anilines is 1. The van der Waals surface area contributed by atoms with Crippen molar-refractivity contribution < 1.29 is 31.9 Å². The van der Waals surface area contributed by atoms with Crippen LogP contribution in [0.25, 0.3) is 5.69 Å². The summed E-state index contributed by atoms with van der Waals surface area (Å²) in [7, 11) is 1.53. The van der Waals surface area contributed by atoms with Gasteiger partial charge in [0.05, 0.1) is 42.8 Å². The molecule has 2 N–H and O–H groups in total. The van der Waals surface area contributed by atoms with E-state index in [1.54, 1.807) is 30.3 Å². The maximum atomic E-state index is 13.9. The van der Waals surface area contributed by atoms with Gasteiger partial charge in [0, 0.05) is 0 Å². The Balaban J connectivity index is 1.52. The summed E-state index contributed by atoms with van der Waals surface area (Å²) in [5.74, 6) is -0.939. The molecule has 0 aliphatic heterocycles. The molecule has 0 atom stereocenters. The van der Waals surface area contributed by atoms with E-state index in [0.717, 1.165) is 29.5 Å². The number of hydrogen-bond acceptors (Lipinski definition) is 6. The zero-order valence-corrected chi connectivity index (χ0v) is 21.9. The lowest BCUT2D eigenvalue weighted by molar-refractivity contribution is -0.137. The van der Waals surface area contributed by atoms with Crippen LogP contribution in [0.4, 0.5) is 23.2 Å². The van der Waals surface area contributed by atoms with E-state index in [2.05, 4.69) is 20.8 Å². The number of benzene rings is 3. The summed E-state index contributed by atoms with van der Waals surface area (Å²) >= 11 is 0.899. The number of nitrogens with one attached hydrogen (secondary N) is 2. The highest BCUT2D eigenvalue weighted by Gasteiger charge is 2.31. The molecule has 4 aromatic rings. The first kappa shape index (κ1) is 28.6. The van der Waals surface area contributed by atoms with Crippen molar-refractivity contribution in [3.8, 4) is 11.4 Å². The first-order chi connectivity index (χ1) is 19.1. The van der Waals surface area contributed by atoms with E-state index in [0.29, 0.717) is 5.75 Å². The molecule has 2 amide bonds. The van der Waals surface area contributed by atoms with Crippen molar-refractivity contribution in [3.63, 3.8) is 0 Å². The third-order valence-electron chi connectivity index (χ3n) is 5.58. The smallest absolute Gasteiger partial charge is 0.416 e. The Hall–Kier alpha value is -4.39. The summed E-state index contributed by atoms with van der Waals surface area (Å²) in [6.45, 7) is -0.139. The van der Waals surface area contributed by atoms with Crippen molar-refractivity contribution in [1.82, 2.24) is 20.1 Å². The molecule has 0 fully saturated rings. The fourth-order valence-corrected chi connectivity index (χ4v) is 4.41. The zero-order valence-electron chi connectivity index (χ0n) is 21.0. The number of amides is 2. The highest BCUT2D eigenvalue weighted by atomic mass is 32.2. The molecule has 0 aliphatic rings. The molecular weight excluding hydrogens is 550 g/mol. The van der Waals surface area contributed by atoms with E-state index in [4.69, 9.17) is 4.74 Å². The van der Waals surface area contributed by atoms with Gasteiger partial charge in [-0.05, 0) is 48.0 Å². The van der Waals surface area contributed by atoms with Crippen LogP contribution in [0.2, 0.25) is 0 Å². The average molecular weight is 574 g/mol. The second-order valence-electron chi connectivity index (χ2n) is 8.40. The predicted molar refractivity (Wildman–Crippen MR) is 141 cm³/mol. The van der Waals surface area contributed by atoms with Crippen LogP contribution >= 0.6 is 11.8 Å². The number of para-hydroxylation sites is 1. The average Bonchev–Trinajstić information content (AvgIpc) is 3.35. The number of methoxy groups -OCH3 is 1. The molecule has 13 heteroatoms. The molecule has 4 rings (SSSR count). The van der Waals surface area contributed by atoms with Gasteiger partial charge in [-0.1, -0.05) is 42.1 Å². The van der Waals surface area contributed by atoms with Crippen molar-refractivity contribution in [1.29, 1.82) is 0 Å². The van der Waals surface area contributed by atoms with Crippen LogP contribution in [0, 0.1) is 5.82 Å². The van der Waals surface area contributed by atoms with E-state index < -0.39 is 23.5 Å². The van der Waals surface area contributed by atoms with E-state index in [-0.39, 0.29) is 47.0 Å². The van der Waals surface area contributed by atoms with Crippen molar-refractivity contribution >= 4 is 29.3 Å². The number of aromatic nitrogens is 3. The summed E-state index contributed by atoms with van der Waals surface area (Å²) in [6.07, 6.45) is -4.54. The van der Waals surface area contributed by atoms with Crippen LogP contribution in [-0.4, -0.2) is 39.4 Å².